The van der Waals surface area contributed by atoms with Gasteiger partial charge in [0.25, 0.3) is 6.71 Å². The molecule has 0 bridgehead atoms. The van der Waals surface area contributed by atoms with Crippen LogP contribution in [-0.4, -0.2) is 11.3 Å². The number of hydrogen-bond donors (Lipinski definition) is 0. The predicted octanol–water partition coefficient (Wildman–Crippen LogP) is 14.0. The Morgan fingerprint density at radius 2 is 1.03 bits per heavy atom. The van der Waals surface area contributed by atoms with Crippen LogP contribution in [0.4, 0.5) is 42.9 Å². The summed E-state index contributed by atoms with van der Waals surface area (Å²) in [4.78, 5) is 4.22. The van der Waals surface area contributed by atoms with Crippen molar-refractivity contribution in [3.8, 4) is 5.69 Å². The number of hydrogen-bond acceptors (Lipinski definition) is 2. The molecule has 6 heteroatoms. The zero-order chi connectivity index (χ0) is 44.5. The van der Waals surface area contributed by atoms with E-state index in [1.807, 2.05) is 44.2 Å². The summed E-state index contributed by atoms with van der Waals surface area (Å²) in [6.45, 7) is 24.1. The van der Waals surface area contributed by atoms with E-state index in [0.29, 0.717) is 11.4 Å². The first-order valence-electron chi connectivity index (χ1n) is 22.5. The second kappa shape index (κ2) is 14.2. The highest BCUT2D eigenvalue weighted by Crippen LogP contribution is 2.47. The molecule has 0 atom stereocenters. The van der Waals surface area contributed by atoms with Gasteiger partial charge in [0, 0.05) is 39.2 Å². The number of anilines is 6. The van der Waals surface area contributed by atoms with Crippen LogP contribution in [0.3, 0.4) is 0 Å². The van der Waals surface area contributed by atoms with Gasteiger partial charge in [-0.15, -0.1) is 0 Å². The third kappa shape index (κ3) is 6.42. The topological polar surface area (TPSA) is 11.4 Å². The fourth-order valence-corrected chi connectivity index (χ4v) is 10.0. The van der Waals surface area contributed by atoms with Crippen molar-refractivity contribution in [1.29, 1.82) is 0 Å². The van der Waals surface area contributed by atoms with Crippen molar-refractivity contribution in [2.45, 2.75) is 98.8 Å². The van der Waals surface area contributed by atoms with Gasteiger partial charge in [0.2, 0.25) is 0 Å². The van der Waals surface area contributed by atoms with Gasteiger partial charge in [-0.2, -0.15) is 0 Å². The van der Waals surface area contributed by atoms with Gasteiger partial charge in [0.15, 0.2) is 0 Å². The molecule has 0 amide bonds. The molecule has 316 valence electrons. The standard InChI is InChI=1S/C57H56BF2N3/c1-12-57(10,11)36-22-25-47-42(31-36)58-43-32-41-40-16-13-14-17-46(40)61(39-29-37(55(4,5)6)28-38(30-39)56(7,8)9)52(41)33-53(43)63(49-24-21-35(3)27-45(49)60)51-19-15-18-50(54(51)58)62(47)48-23-20-34(2)26-44(48)59/h13-33H,12H2,1-11H3. The molecule has 2 aliphatic heterocycles. The predicted molar refractivity (Wildman–Crippen MR) is 265 cm³/mol. The molecule has 0 fully saturated rings. The molecule has 10 rings (SSSR count). The average Bonchev–Trinajstić information content (AvgIpc) is 3.56. The fraction of sp³-hybridized carbons (Fsp3) is 0.263. The van der Waals surface area contributed by atoms with E-state index < -0.39 is 0 Å². The summed E-state index contributed by atoms with van der Waals surface area (Å²) >= 11 is 0. The van der Waals surface area contributed by atoms with Crippen LogP contribution < -0.4 is 26.2 Å². The van der Waals surface area contributed by atoms with E-state index in [0.717, 1.165) is 84.2 Å². The molecule has 1 aromatic heterocycles. The highest BCUT2D eigenvalue weighted by atomic mass is 19.1. The molecule has 0 N–H and O–H groups in total. The lowest BCUT2D eigenvalue weighted by atomic mass is 9.33. The number of para-hydroxylation sites is 1. The highest BCUT2D eigenvalue weighted by Gasteiger charge is 2.45. The Bertz CT molecular complexity index is 3150. The number of fused-ring (bicyclic) bond motifs is 7. The van der Waals surface area contributed by atoms with Gasteiger partial charge in [0.1, 0.15) is 11.6 Å². The van der Waals surface area contributed by atoms with E-state index in [1.165, 1.54) is 16.7 Å². The molecule has 8 aromatic rings. The zero-order valence-electron chi connectivity index (χ0n) is 38.5. The van der Waals surface area contributed by atoms with E-state index >= 15 is 8.78 Å². The van der Waals surface area contributed by atoms with Gasteiger partial charge >= 0.3 is 0 Å². The van der Waals surface area contributed by atoms with Gasteiger partial charge in [-0.3, -0.25) is 0 Å². The molecular formula is C57H56BF2N3. The summed E-state index contributed by atoms with van der Waals surface area (Å²) in [5.41, 5.74) is 16.3. The summed E-state index contributed by atoms with van der Waals surface area (Å²) in [7, 11) is 0. The van der Waals surface area contributed by atoms with E-state index in [1.54, 1.807) is 12.1 Å². The van der Waals surface area contributed by atoms with Gasteiger partial charge in [-0.25, -0.2) is 8.78 Å². The largest absolute Gasteiger partial charge is 0.309 e. The van der Waals surface area contributed by atoms with E-state index in [9.17, 15) is 0 Å². The number of benzene rings is 7. The molecular weight excluding hydrogens is 775 g/mol. The SMILES string of the molecule is CCC(C)(C)c1ccc2c(c1)B1c3cc4c5ccccc5n(-c5cc(C(C)(C)C)cc(C(C)(C)C)c5)c4cc3N(c3ccc(C)cc3F)c3cccc(c31)N2c1ccc(C)cc1F. The zero-order valence-corrected chi connectivity index (χ0v) is 38.5. The van der Waals surface area contributed by atoms with Crippen molar-refractivity contribution in [1.82, 2.24) is 4.57 Å². The minimum absolute atomic E-state index is 0.0793. The molecule has 0 spiro atoms. The van der Waals surface area contributed by atoms with Crippen molar-refractivity contribution < 1.29 is 8.78 Å². The molecule has 7 aromatic carbocycles. The summed E-state index contributed by atoms with van der Waals surface area (Å²) < 4.78 is 35.7. The number of aromatic nitrogens is 1. The Labute approximate surface area is 372 Å². The molecule has 0 radical (unpaired) electrons. The second-order valence-electron chi connectivity index (χ2n) is 20.8. The van der Waals surface area contributed by atoms with Crippen molar-refractivity contribution in [2.24, 2.45) is 0 Å². The lowest BCUT2D eigenvalue weighted by Gasteiger charge is -2.44. The first-order chi connectivity index (χ1) is 29.9. The number of halogens is 2. The van der Waals surface area contributed by atoms with Crippen LogP contribution >= 0.6 is 0 Å². The molecule has 0 aliphatic carbocycles. The number of aryl methyl sites for hydroxylation is 2. The molecule has 0 unspecified atom stereocenters. The highest BCUT2D eigenvalue weighted by molar-refractivity contribution is 7.00. The Morgan fingerprint density at radius 1 is 0.476 bits per heavy atom. The van der Waals surface area contributed by atoms with E-state index in [4.69, 9.17) is 0 Å². The van der Waals surface area contributed by atoms with Crippen LogP contribution in [0.15, 0.2) is 127 Å². The molecule has 2 aliphatic rings. The van der Waals surface area contributed by atoms with Crippen LogP contribution in [0.25, 0.3) is 27.5 Å². The normalized spacial score (nSPS) is 13.8. The van der Waals surface area contributed by atoms with Gasteiger partial charge in [0.05, 0.1) is 22.4 Å². The van der Waals surface area contributed by atoms with Crippen molar-refractivity contribution in [3.05, 3.63) is 167 Å². The summed E-state index contributed by atoms with van der Waals surface area (Å²) in [6.07, 6.45) is 0.957. The minimum atomic E-state index is -0.296. The van der Waals surface area contributed by atoms with Crippen LogP contribution in [0.5, 0.6) is 0 Å². The quantitative estimate of drug-likeness (QED) is 0.160. The third-order valence-corrected chi connectivity index (χ3v) is 14.0. The van der Waals surface area contributed by atoms with E-state index in [-0.39, 0.29) is 34.6 Å². The van der Waals surface area contributed by atoms with Crippen molar-refractivity contribution >= 4 is 79.0 Å². The van der Waals surface area contributed by atoms with E-state index in [2.05, 4.69) is 162 Å². The Hall–Kier alpha value is -6.14. The Balaban J connectivity index is 1.35. The third-order valence-electron chi connectivity index (χ3n) is 14.0. The smallest absolute Gasteiger partial charge is 0.252 e. The maximum absolute atomic E-state index is 16.8. The summed E-state index contributed by atoms with van der Waals surface area (Å²) in [5.74, 6) is -0.581. The molecule has 0 saturated carbocycles. The van der Waals surface area contributed by atoms with Gasteiger partial charge in [-0.05, 0) is 147 Å². The van der Waals surface area contributed by atoms with Crippen molar-refractivity contribution in [3.63, 3.8) is 0 Å². The molecule has 0 saturated heterocycles. The second-order valence-corrected chi connectivity index (χ2v) is 20.8. The first kappa shape index (κ1) is 40.9. The van der Waals surface area contributed by atoms with Crippen LogP contribution in [0.2, 0.25) is 0 Å². The maximum Gasteiger partial charge on any atom is 0.252 e. The summed E-state index contributed by atoms with van der Waals surface area (Å²) in [6, 6.07) is 44.5. The van der Waals surface area contributed by atoms with Gasteiger partial charge < -0.3 is 14.4 Å². The summed E-state index contributed by atoms with van der Waals surface area (Å²) in [5, 5.41) is 2.29. The lowest BCUT2D eigenvalue weighted by molar-refractivity contribution is 0.506. The first-order valence-corrected chi connectivity index (χ1v) is 22.5. The molecule has 3 heterocycles. The van der Waals surface area contributed by atoms with Crippen LogP contribution in [0, 0.1) is 25.5 Å². The minimum Gasteiger partial charge on any atom is -0.309 e. The average molecular weight is 832 g/mol. The maximum atomic E-state index is 16.8. The van der Waals surface area contributed by atoms with Crippen molar-refractivity contribution in [2.75, 3.05) is 9.80 Å². The monoisotopic (exact) mass is 831 g/mol. The van der Waals surface area contributed by atoms with Crippen LogP contribution in [0.1, 0.15) is 96.6 Å². The molecule has 63 heavy (non-hydrogen) atoms. The Morgan fingerprint density at radius 3 is 1.60 bits per heavy atom. The Kier molecular flexibility index (Phi) is 9.21. The number of nitrogens with zero attached hydrogens (tertiary/aromatic N) is 3. The van der Waals surface area contributed by atoms with Crippen LogP contribution in [-0.2, 0) is 16.2 Å². The van der Waals surface area contributed by atoms with Gasteiger partial charge in [-0.1, -0.05) is 123 Å². The lowest BCUT2D eigenvalue weighted by Crippen LogP contribution is -2.61. The molecule has 3 nitrogen and oxygen atoms in total. The number of rotatable bonds is 5. The fourth-order valence-electron chi connectivity index (χ4n) is 10.0.